The molecule has 0 aliphatic carbocycles. The summed E-state index contributed by atoms with van der Waals surface area (Å²) < 4.78 is 12.3. The lowest BCUT2D eigenvalue weighted by molar-refractivity contribution is 0.0353. The van der Waals surface area contributed by atoms with E-state index in [9.17, 15) is 9.59 Å². The van der Waals surface area contributed by atoms with Gasteiger partial charge in [-0.15, -0.1) is 0 Å². The van der Waals surface area contributed by atoms with E-state index in [0.717, 1.165) is 49.3 Å². The van der Waals surface area contributed by atoms with Gasteiger partial charge in [-0.1, -0.05) is 40.2 Å². The lowest BCUT2D eigenvalue weighted by atomic mass is 9.98. The highest BCUT2D eigenvalue weighted by Crippen LogP contribution is 2.38. The molecular formula is C24H23BrN2O4. The van der Waals surface area contributed by atoms with E-state index >= 15 is 0 Å². The van der Waals surface area contributed by atoms with Crippen LogP contribution >= 0.6 is 15.9 Å². The monoisotopic (exact) mass is 482 g/mol. The molecule has 1 atom stereocenters. The number of carbonyl (C=O) groups excluding carboxylic acids is 1. The van der Waals surface area contributed by atoms with E-state index in [1.807, 2.05) is 36.4 Å². The lowest BCUT2D eigenvalue weighted by Crippen LogP contribution is -2.38. The molecule has 1 unspecified atom stereocenters. The zero-order chi connectivity index (χ0) is 21.4. The fourth-order valence-corrected chi connectivity index (χ4v) is 4.93. The van der Waals surface area contributed by atoms with Crippen LogP contribution < -0.4 is 5.43 Å². The van der Waals surface area contributed by atoms with Gasteiger partial charge in [-0.25, -0.2) is 0 Å². The molecule has 5 rings (SSSR count). The Labute approximate surface area is 188 Å². The Morgan fingerprint density at radius 2 is 1.81 bits per heavy atom. The summed E-state index contributed by atoms with van der Waals surface area (Å²) in [5.74, 6) is -0.0511. The predicted molar refractivity (Wildman–Crippen MR) is 121 cm³/mol. The van der Waals surface area contributed by atoms with Crippen LogP contribution in [0.25, 0.3) is 11.0 Å². The largest absolute Gasteiger partial charge is 0.450 e. The van der Waals surface area contributed by atoms with E-state index < -0.39 is 6.04 Å². The van der Waals surface area contributed by atoms with Crippen molar-refractivity contribution in [3.8, 4) is 0 Å². The fraction of sp³-hybridized carbons (Fsp3) is 0.333. The second-order valence-electron chi connectivity index (χ2n) is 7.93. The van der Waals surface area contributed by atoms with Gasteiger partial charge in [0.2, 0.25) is 5.76 Å². The molecule has 0 N–H and O–H groups in total. The summed E-state index contributed by atoms with van der Waals surface area (Å²) in [5.41, 5.74) is 1.65. The topological polar surface area (TPSA) is 63.0 Å². The molecule has 1 saturated heterocycles. The van der Waals surface area contributed by atoms with Crippen molar-refractivity contribution >= 4 is 32.8 Å². The summed E-state index contributed by atoms with van der Waals surface area (Å²) in [4.78, 5) is 31.0. The highest BCUT2D eigenvalue weighted by molar-refractivity contribution is 9.10. The predicted octanol–water partition coefficient (Wildman–Crippen LogP) is 3.82. The van der Waals surface area contributed by atoms with Crippen molar-refractivity contribution < 1.29 is 13.9 Å². The fourth-order valence-electron chi connectivity index (χ4n) is 4.51. The molecule has 160 valence electrons. The number of hydrogen-bond donors (Lipinski definition) is 0. The maximum atomic E-state index is 13.4. The SMILES string of the molecule is O=C1c2oc3ccccc3c(=O)c2C(c2cccc(Br)c2)N1CCCN1CCOCC1. The van der Waals surface area contributed by atoms with Crippen molar-refractivity contribution in [2.75, 3.05) is 39.4 Å². The quantitative estimate of drug-likeness (QED) is 0.552. The molecule has 2 aliphatic rings. The maximum Gasteiger partial charge on any atom is 0.290 e. The van der Waals surface area contributed by atoms with Crippen LogP contribution in [0.1, 0.15) is 34.1 Å². The molecular weight excluding hydrogens is 460 g/mol. The van der Waals surface area contributed by atoms with E-state index in [1.165, 1.54) is 0 Å². The van der Waals surface area contributed by atoms with Crippen molar-refractivity contribution in [3.05, 3.63) is 80.1 Å². The third kappa shape index (κ3) is 3.82. The van der Waals surface area contributed by atoms with Crippen LogP contribution in [0.4, 0.5) is 0 Å². The first kappa shape index (κ1) is 20.4. The Bertz CT molecular complexity index is 1190. The van der Waals surface area contributed by atoms with E-state index in [-0.39, 0.29) is 17.1 Å². The van der Waals surface area contributed by atoms with Crippen LogP contribution in [0, 0.1) is 0 Å². The molecule has 0 radical (unpaired) electrons. The molecule has 7 heteroatoms. The number of amides is 1. The number of rotatable bonds is 5. The van der Waals surface area contributed by atoms with E-state index in [1.54, 1.807) is 17.0 Å². The Kier molecular flexibility index (Phi) is 5.65. The van der Waals surface area contributed by atoms with Crippen molar-refractivity contribution in [2.24, 2.45) is 0 Å². The van der Waals surface area contributed by atoms with Gasteiger partial charge in [-0.3, -0.25) is 14.5 Å². The molecule has 3 aromatic rings. The molecule has 1 amide bonds. The molecule has 3 heterocycles. The van der Waals surface area contributed by atoms with Crippen LogP contribution in [-0.4, -0.2) is 55.1 Å². The van der Waals surface area contributed by atoms with Crippen molar-refractivity contribution in [1.29, 1.82) is 0 Å². The van der Waals surface area contributed by atoms with Gasteiger partial charge in [0.05, 0.1) is 30.2 Å². The van der Waals surface area contributed by atoms with Gasteiger partial charge in [0, 0.05) is 30.7 Å². The molecule has 2 aliphatic heterocycles. The average molecular weight is 483 g/mol. The number of hydrogen-bond acceptors (Lipinski definition) is 5. The molecule has 2 aromatic carbocycles. The normalized spacial score (nSPS) is 19.2. The molecule has 0 saturated carbocycles. The highest BCUT2D eigenvalue weighted by atomic mass is 79.9. The number of fused-ring (bicyclic) bond motifs is 2. The molecule has 1 aromatic heterocycles. The van der Waals surface area contributed by atoms with Gasteiger partial charge in [-0.2, -0.15) is 0 Å². The highest BCUT2D eigenvalue weighted by Gasteiger charge is 2.42. The lowest BCUT2D eigenvalue weighted by Gasteiger charge is -2.29. The van der Waals surface area contributed by atoms with Gasteiger partial charge >= 0.3 is 0 Å². The summed E-state index contributed by atoms with van der Waals surface area (Å²) >= 11 is 3.52. The van der Waals surface area contributed by atoms with Crippen LogP contribution in [0.3, 0.4) is 0 Å². The van der Waals surface area contributed by atoms with Gasteiger partial charge in [0.1, 0.15) is 5.58 Å². The van der Waals surface area contributed by atoms with E-state index in [4.69, 9.17) is 9.15 Å². The summed E-state index contributed by atoms with van der Waals surface area (Å²) in [7, 11) is 0. The number of morpholine rings is 1. The van der Waals surface area contributed by atoms with Crippen molar-refractivity contribution in [1.82, 2.24) is 9.80 Å². The van der Waals surface area contributed by atoms with E-state index in [0.29, 0.717) is 23.1 Å². The Balaban J connectivity index is 1.53. The second kappa shape index (κ2) is 8.57. The number of halogens is 1. The smallest absolute Gasteiger partial charge is 0.290 e. The van der Waals surface area contributed by atoms with Crippen LogP contribution in [-0.2, 0) is 4.74 Å². The van der Waals surface area contributed by atoms with Gasteiger partial charge in [0.25, 0.3) is 5.91 Å². The van der Waals surface area contributed by atoms with Gasteiger partial charge in [-0.05, 0) is 36.2 Å². The Morgan fingerprint density at radius 1 is 1.00 bits per heavy atom. The zero-order valence-corrected chi connectivity index (χ0v) is 18.6. The summed E-state index contributed by atoms with van der Waals surface area (Å²) in [6.45, 7) is 4.76. The van der Waals surface area contributed by atoms with E-state index in [2.05, 4.69) is 20.8 Å². The zero-order valence-electron chi connectivity index (χ0n) is 17.1. The summed E-state index contributed by atoms with van der Waals surface area (Å²) in [6, 6.07) is 14.5. The second-order valence-corrected chi connectivity index (χ2v) is 8.85. The third-order valence-corrected chi connectivity index (χ3v) is 6.51. The molecule has 6 nitrogen and oxygen atoms in total. The minimum atomic E-state index is -0.453. The van der Waals surface area contributed by atoms with Gasteiger partial charge in [0.15, 0.2) is 5.43 Å². The minimum Gasteiger partial charge on any atom is -0.450 e. The Hall–Kier alpha value is -2.48. The molecule has 31 heavy (non-hydrogen) atoms. The number of carbonyl (C=O) groups is 1. The van der Waals surface area contributed by atoms with Crippen LogP contribution in [0.2, 0.25) is 0 Å². The summed E-state index contributed by atoms with van der Waals surface area (Å²) in [6.07, 6.45) is 0.817. The third-order valence-electron chi connectivity index (χ3n) is 6.01. The Morgan fingerprint density at radius 3 is 2.61 bits per heavy atom. The van der Waals surface area contributed by atoms with Crippen LogP contribution in [0.15, 0.2) is 62.2 Å². The molecule has 1 fully saturated rings. The first-order valence-corrected chi connectivity index (χ1v) is 11.3. The molecule has 0 bridgehead atoms. The summed E-state index contributed by atoms with van der Waals surface area (Å²) in [5, 5.41) is 0.504. The number of ether oxygens (including phenoxy) is 1. The van der Waals surface area contributed by atoms with Crippen molar-refractivity contribution in [2.45, 2.75) is 12.5 Å². The molecule has 0 spiro atoms. The number of nitrogens with zero attached hydrogens (tertiary/aromatic N) is 2. The first-order valence-electron chi connectivity index (χ1n) is 10.6. The first-order chi connectivity index (χ1) is 15.1. The standard InChI is InChI=1S/C24H23BrN2O4/c25-17-6-3-5-16(15-17)21-20-22(28)18-7-1-2-8-19(18)31-23(20)24(29)27(21)10-4-9-26-11-13-30-14-12-26/h1-3,5-8,15,21H,4,9-14H2. The average Bonchev–Trinajstić information content (AvgIpc) is 3.07. The minimum absolute atomic E-state index is 0.133. The number of para-hydroxylation sites is 1. The van der Waals surface area contributed by atoms with Crippen LogP contribution in [0.5, 0.6) is 0 Å². The maximum absolute atomic E-state index is 13.4. The van der Waals surface area contributed by atoms with Gasteiger partial charge < -0.3 is 14.1 Å². The van der Waals surface area contributed by atoms with Crippen molar-refractivity contribution in [3.63, 3.8) is 0 Å². The number of benzene rings is 2.